The summed E-state index contributed by atoms with van der Waals surface area (Å²) in [7, 11) is 3.06. The second kappa shape index (κ2) is 9.88. The van der Waals surface area contributed by atoms with Gasteiger partial charge in [0.2, 0.25) is 11.7 Å². The van der Waals surface area contributed by atoms with Crippen molar-refractivity contribution in [2.75, 3.05) is 26.0 Å². The fraction of sp³-hybridized carbons (Fsp3) is 0.481. The number of anilines is 1. The SMILES string of the molecule is CN(C)[C@@H]1C(=O)C(C(N)=O)=C(O)[C@@]2(O)C(=O)C3=C(O)c4c(cc(Cl)c(NC(=O)CNC5CCC5)c4O)CC3CC12. The summed E-state index contributed by atoms with van der Waals surface area (Å²) in [5.74, 6) is -7.97. The molecule has 4 aliphatic carbocycles. The number of carbonyl (C=O) groups is 4. The van der Waals surface area contributed by atoms with Crippen molar-refractivity contribution in [3.05, 3.63) is 39.1 Å². The predicted octanol–water partition coefficient (Wildman–Crippen LogP) is 0.698. The maximum atomic E-state index is 13.9. The van der Waals surface area contributed by atoms with Crippen molar-refractivity contribution in [3.63, 3.8) is 0 Å². The van der Waals surface area contributed by atoms with Crippen LogP contribution in [0.1, 0.15) is 36.8 Å². The number of aromatic hydroxyl groups is 1. The maximum Gasteiger partial charge on any atom is 0.255 e. The van der Waals surface area contributed by atoms with Gasteiger partial charge in [-0.3, -0.25) is 24.1 Å². The summed E-state index contributed by atoms with van der Waals surface area (Å²) in [5.41, 5.74) is 1.53. The normalized spacial score (nSPS) is 28.2. The van der Waals surface area contributed by atoms with Crippen LogP contribution in [0.3, 0.4) is 0 Å². The first-order valence-corrected chi connectivity index (χ1v) is 13.4. The summed E-state index contributed by atoms with van der Waals surface area (Å²) >= 11 is 6.41. The number of halogens is 1. The molecule has 0 aromatic heterocycles. The van der Waals surface area contributed by atoms with Gasteiger partial charge in [-0.1, -0.05) is 18.0 Å². The first-order chi connectivity index (χ1) is 18.8. The number of phenols is 1. The fourth-order valence-corrected chi connectivity index (χ4v) is 6.68. The Morgan fingerprint density at radius 1 is 1.20 bits per heavy atom. The number of likely N-dealkylation sites (N-methyl/N-ethyl adjacent to an activating group) is 1. The molecule has 0 bridgehead atoms. The number of hydrogen-bond acceptors (Lipinski definition) is 10. The van der Waals surface area contributed by atoms with Gasteiger partial charge >= 0.3 is 0 Å². The van der Waals surface area contributed by atoms with Gasteiger partial charge in [0, 0.05) is 17.5 Å². The first-order valence-electron chi connectivity index (χ1n) is 13.0. The number of nitrogens with zero attached hydrogens (tertiary/aromatic N) is 1. The summed E-state index contributed by atoms with van der Waals surface area (Å²) in [6, 6.07) is 0.557. The minimum atomic E-state index is -2.73. The Morgan fingerprint density at radius 2 is 1.88 bits per heavy atom. The van der Waals surface area contributed by atoms with Crippen molar-refractivity contribution in [2.45, 2.75) is 49.8 Å². The van der Waals surface area contributed by atoms with Crippen molar-refractivity contribution in [3.8, 4) is 5.75 Å². The molecule has 4 atom stereocenters. The van der Waals surface area contributed by atoms with E-state index in [0.29, 0.717) is 5.56 Å². The third-order valence-electron chi connectivity index (χ3n) is 8.58. The van der Waals surface area contributed by atoms with E-state index in [4.69, 9.17) is 17.3 Å². The smallest absolute Gasteiger partial charge is 0.255 e. The number of carbonyl (C=O) groups excluding carboxylic acids is 4. The highest BCUT2D eigenvalue weighted by molar-refractivity contribution is 6.34. The van der Waals surface area contributed by atoms with Crippen LogP contribution < -0.4 is 16.4 Å². The summed E-state index contributed by atoms with van der Waals surface area (Å²) < 4.78 is 0. The second-order valence-corrected chi connectivity index (χ2v) is 11.5. The quantitative estimate of drug-likeness (QED) is 0.187. The van der Waals surface area contributed by atoms with E-state index >= 15 is 0 Å². The number of rotatable bonds is 6. The lowest BCUT2D eigenvalue weighted by molar-refractivity contribution is -0.153. The van der Waals surface area contributed by atoms with Gasteiger partial charge < -0.3 is 36.8 Å². The predicted molar refractivity (Wildman–Crippen MR) is 144 cm³/mol. The molecule has 1 aromatic carbocycles. The molecule has 2 fully saturated rings. The van der Waals surface area contributed by atoms with Gasteiger partial charge in [0.05, 0.1) is 23.2 Å². The van der Waals surface area contributed by atoms with Crippen LogP contribution in [0.4, 0.5) is 5.69 Å². The molecule has 4 aliphatic rings. The minimum Gasteiger partial charge on any atom is -0.508 e. The highest BCUT2D eigenvalue weighted by Crippen LogP contribution is 2.54. The molecular formula is C27H31ClN4O8. The molecule has 0 heterocycles. The lowest BCUT2D eigenvalue weighted by atomic mass is 9.57. The highest BCUT2D eigenvalue weighted by Gasteiger charge is 2.64. The van der Waals surface area contributed by atoms with E-state index in [1.165, 1.54) is 25.1 Å². The molecule has 0 aliphatic heterocycles. The molecular weight excluding hydrogens is 544 g/mol. The topological polar surface area (TPSA) is 203 Å². The van der Waals surface area contributed by atoms with Gasteiger partial charge in [0.25, 0.3) is 5.91 Å². The van der Waals surface area contributed by atoms with E-state index in [1.54, 1.807) is 0 Å². The lowest BCUT2D eigenvalue weighted by Gasteiger charge is -2.50. The number of aliphatic hydroxyl groups excluding tert-OH is 2. The number of amides is 2. The van der Waals surface area contributed by atoms with Crippen LogP contribution in [0.15, 0.2) is 23.0 Å². The van der Waals surface area contributed by atoms with Gasteiger partial charge in [-0.25, -0.2) is 0 Å². The molecule has 214 valence electrons. The third-order valence-corrected chi connectivity index (χ3v) is 8.88. The zero-order valence-corrected chi connectivity index (χ0v) is 22.7. The molecule has 0 saturated heterocycles. The molecule has 1 aromatic rings. The Morgan fingerprint density at radius 3 is 2.45 bits per heavy atom. The summed E-state index contributed by atoms with van der Waals surface area (Å²) in [4.78, 5) is 53.0. The molecule has 2 unspecified atom stereocenters. The van der Waals surface area contributed by atoms with Gasteiger partial charge in [0.1, 0.15) is 22.8 Å². The van der Waals surface area contributed by atoms with Crippen LogP contribution in [0, 0.1) is 11.8 Å². The molecule has 12 nitrogen and oxygen atoms in total. The number of hydrogen-bond donors (Lipinski definition) is 7. The standard InChI is InChI=1S/C27H31ClN4O8/c1-32(2)20-13-7-10-6-11-8-14(28)19(31-15(33)9-30-12-4-3-5-12)22(35)16(11)21(34)17(10)24(37)27(13,40)25(38)18(23(20)36)26(29)39/h8,10,12-13,20,30,34-35,38,40H,3-7,9H2,1-2H3,(H2,29,39)(H,31,33)/t10?,13?,20-,27-/m0/s1. The molecule has 13 heteroatoms. The van der Waals surface area contributed by atoms with Crippen LogP contribution >= 0.6 is 11.6 Å². The Kier molecular flexibility index (Phi) is 6.94. The monoisotopic (exact) mass is 574 g/mol. The van der Waals surface area contributed by atoms with Crippen molar-refractivity contribution in [2.24, 2.45) is 17.6 Å². The first kappa shape index (κ1) is 28.1. The second-order valence-electron chi connectivity index (χ2n) is 11.1. The van der Waals surface area contributed by atoms with Crippen molar-refractivity contribution in [1.29, 1.82) is 0 Å². The van der Waals surface area contributed by atoms with Gasteiger partial charge in [-0.15, -0.1) is 0 Å². The number of aliphatic hydroxyl groups is 3. The summed E-state index contributed by atoms with van der Waals surface area (Å²) in [5, 5.41) is 50.6. The fourth-order valence-electron chi connectivity index (χ4n) is 6.42. The van der Waals surface area contributed by atoms with Crippen LogP contribution in [0.25, 0.3) is 5.76 Å². The van der Waals surface area contributed by atoms with Crippen LogP contribution in [0.5, 0.6) is 5.75 Å². The summed E-state index contributed by atoms with van der Waals surface area (Å²) in [6.07, 6.45) is 3.09. The van der Waals surface area contributed by atoms with Crippen molar-refractivity contribution >= 4 is 46.4 Å². The lowest BCUT2D eigenvalue weighted by Crippen LogP contribution is -2.65. The van der Waals surface area contributed by atoms with Crippen molar-refractivity contribution < 1.29 is 39.6 Å². The number of fused-ring (bicyclic) bond motifs is 3. The van der Waals surface area contributed by atoms with Crippen LogP contribution in [-0.4, -0.2) is 87.0 Å². The number of ketones is 2. The molecule has 5 rings (SSSR count). The molecule has 8 N–H and O–H groups in total. The van der Waals surface area contributed by atoms with E-state index in [2.05, 4.69) is 10.6 Å². The van der Waals surface area contributed by atoms with E-state index in [0.717, 1.165) is 19.3 Å². The Balaban J connectivity index is 1.57. The zero-order chi connectivity index (χ0) is 29.3. The average molecular weight is 575 g/mol. The largest absolute Gasteiger partial charge is 0.508 e. The van der Waals surface area contributed by atoms with Gasteiger partial charge in [-0.05, 0) is 57.3 Å². The van der Waals surface area contributed by atoms with Crippen LogP contribution in [0.2, 0.25) is 5.02 Å². The van der Waals surface area contributed by atoms with Gasteiger partial charge in [-0.2, -0.15) is 0 Å². The number of Topliss-reactive ketones (excluding diaryl/α,β-unsaturated/α-hetero) is 2. The molecule has 40 heavy (non-hydrogen) atoms. The maximum absolute atomic E-state index is 13.9. The van der Waals surface area contributed by atoms with Crippen molar-refractivity contribution in [1.82, 2.24) is 10.2 Å². The van der Waals surface area contributed by atoms with E-state index in [1.807, 2.05) is 0 Å². The minimum absolute atomic E-state index is 0.0147. The van der Waals surface area contributed by atoms with E-state index in [9.17, 15) is 39.6 Å². The molecule has 0 spiro atoms. The number of nitrogens with two attached hydrogens (primary N) is 1. The Bertz CT molecular complexity index is 1420. The third kappa shape index (κ3) is 4.09. The summed E-state index contributed by atoms with van der Waals surface area (Å²) in [6.45, 7) is -0.0147. The average Bonchev–Trinajstić information content (AvgIpc) is 2.82. The number of phenolic OH excluding ortho intramolecular Hbond substituents is 1. The molecule has 2 amide bonds. The number of nitrogens with one attached hydrogen (secondary N) is 2. The molecule has 0 radical (unpaired) electrons. The molecule has 2 saturated carbocycles. The number of benzene rings is 1. The Labute approximate surface area is 234 Å². The Hall–Kier alpha value is -3.45. The van der Waals surface area contributed by atoms with Gasteiger partial charge in [0.15, 0.2) is 17.1 Å². The zero-order valence-electron chi connectivity index (χ0n) is 22.0. The number of primary amides is 1. The van der Waals surface area contributed by atoms with E-state index < -0.39 is 69.7 Å². The highest BCUT2D eigenvalue weighted by atomic mass is 35.5. The van der Waals surface area contributed by atoms with E-state index in [-0.39, 0.29) is 47.3 Å². The van der Waals surface area contributed by atoms with Crippen LogP contribution in [-0.2, 0) is 25.6 Å².